The Labute approximate surface area is 345 Å². The molecule has 0 aliphatic carbocycles. The fourth-order valence-corrected chi connectivity index (χ4v) is 7.03. The van der Waals surface area contributed by atoms with Crippen LogP contribution >= 0.6 is 7.82 Å². The number of likely N-dealkylation sites (N-methyl/N-ethyl adjacent to an activating group) is 1. The molecule has 56 heavy (non-hydrogen) atoms. The molecule has 0 radical (unpaired) electrons. The van der Waals surface area contributed by atoms with E-state index in [1.807, 2.05) is 21.1 Å². The largest absolute Gasteiger partial charge is 0.472 e. The van der Waals surface area contributed by atoms with Gasteiger partial charge in [0.2, 0.25) is 0 Å². The van der Waals surface area contributed by atoms with Gasteiger partial charge in [0, 0.05) is 12.8 Å². The van der Waals surface area contributed by atoms with Gasteiger partial charge in [-0.2, -0.15) is 0 Å². The van der Waals surface area contributed by atoms with Gasteiger partial charge >= 0.3 is 19.8 Å². The van der Waals surface area contributed by atoms with Crippen molar-refractivity contribution in [2.45, 2.75) is 213 Å². The number of ether oxygens (including phenoxy) is 2. The molecule has 330 valence electrons. The molecule has 1 N–H and O–H groups in total. The fraction of sp³-hybridized carbons (Fsp3) is 0.870. The molecule has 0 spiro atoms. The molecule has 0 aromatic heterocycles. The van der Waals surface area contributed by atoms with Crippen LogP contribution in [0.2, 0.25) is 0 Å². The van der Waals surface area contributed by atoms with Gasteiger partial charge < -0.3 is 18.9 Å². The first-order valence-corrected chi connectivity index (χ1v) is 24.6. The Bertz CT molecular complexity index is 1010. The van der Waals surface area contributed by atoms with Gasteiger partial charge in [0.25, 0.3) is 0 Å². The lowest BCUT2D eigenvalue weighted by molar-refractivity contribution is -0.870. The standard InChI is InChI=1S/C46H88NO8P/c1-6-8-10-12-14-16-18-19-20-21-22-23-24-25-26-27-29-31-33-35-37-39-46(49)55-44(43-54-56(50,51)53-41-40-47(3,4)5)42-52-45(48)38-36-34-32-30-28-17-15-13-11-9-7-2/h13,15,19-20,44H,6-12,14,16-18,21-43H2,1-5H3/p+1/b15-13-,20-19-/t44-/m1/s1. The van der Waals surface area contributed by atoms with Crippen molar-refractivity contribution in [3.8, 4) is 0 Å². The van der Waals surface area contributed by atoms with Crippen LogP contribution in [0.15, 0.2) is 24.3 Å². The average Bonchev–Trinajstić information content (AvgIpc) is 3.15. The number of nitrogens with zero attached hydrogens (tertiary/aromatic N) is 1. The highest BCUT2D eigenvalue weighted by Crippen LogP contribution is 2.43. The van der Waals surface area contributed by atoms with Crippen molar-refractivity contribution in [1.29, 1.82) is 0 Å². The van der Waals surface area contributed by atoms with Crippen LogP contribution in [0.1, 0.15) is 206 Å². The van der Waals surface area contributed by atoms with E-state index in [-0.39, 0.29) is 32.0 Å². The molecular weight excluding hydrogens is 725 g/mol. The van der Waals surface area contributed by atoms with Crippen LogP contribution in [0, 0.1) is 0 Å². The molecule has 1 unspecified atom stereocenters. The number of carbonyl (C=O) groups is 2. The van der Waals surface area contributed by atoms with Crippen LogP contribution in [0.3, 0.4) is 0 Å². The lowest BCUT2D eigenvalue weighted by Crippen LogP contribution is -2.37. The molecule has 0 rings (SSSR count). The molecular formula is C46H89NO8P+. The number of quaternary nitrogens is 1. The van der Waals surface area contributed by atoms with Crippen molar-refractivity contribution in [1.82, 2.24) is 0 Å². The van der Waals surface area contributed by atoms with Gasteiger partial charge in [-0.1, -0.05) is 160 Å². The Morgan fingerprint density at radius 3 is 1.38 bits per heavy atom. The number of phosphoric acid groups is 1. The summed E-state index contributed by atoms with van der Waals surface area (Å²) in [5.74, 6) is -0.806. The molecule has 0 saturated carbocycles. The Hall–Kier alpha value is -1.51. The minimum Gasteiger partial charge on any atom is -0.462 e. The van der Waals surface area contributed by atoms with Gasteiger partial charge in [0.15, 0.2) is 6.10 Å². The third-order valence-corrected chi connectivity index (χ3v) is 10.9. The molecule has 0 aromatic carbocycles. The van der Waals surface area contributed by atoms with Crippen molar-refractivity contribution in [3.63, 3.8) is 0 Å². The number of phosphoric ester groups is 1. The summed E-state index contributed by atoms with van der Waals surface area (Å²) in [5.41, 5.74) is 0. The number of carbonyl (C=O) groups excluding carboxylic acids is 2. The lowest BCUT2D eigenvalue weighted by atomic mass is 10.0. The first-order valence-electron chi connectivity index (χ1n) is 23.1. The Kier molecular flexibility index (Phi) is 37.9. The van der Waals surface area contributed by atoms with E-state index >= 15 is 0 Å². The number of hydrogen-bond acceptors (Lipinski definition) is 7. The topological polar surface area (TPSA) is 108 Å². The molecule has 9 nitrogen and oxygen atoms in total. The second-order valence-corrected chi connectivity index (χ2v) is 18.2. The maximum atomic E-state index is 12.7. The van der Waals surface area contributed by atoms with Crippen LogP contribution in [0.5, 0.6) is 0 Å². The van der Waals surface area contributed by atoms with E-state index in [1.54, 1.807) is 0 Å². The third-order valence-electron chi connectivity index (χ3n) is 9.95. The molecule has 0 aliphatic rings. The van der Waals surface area contributed by atoms with E-state index in [1.165, 1.54) is 116 Å². The number of rotatable bonds is 42. The Morgan fingerprint density at radius 1 is 0.536 bits per heavy atom. The summed E-state index contributed by atoms with van der Waals surface area (Å²) >= 11 is 0. The Balaban J connectivity index is 4.25. The van der Waals surface area contributed by atoms with Gasteiger partial charge in [0.05, 0.1) is 27.7 Å². The zero-order chi connectivity index (χ0) is 41.4. The summed E-state index contributed by atoms with van der Waals surface area (Å²) in [6.45, 7) is 4.38. The van der Waals surface area contributed by atoms with Crippen LogP contribution < -0.4 is 0 Å². The Morgan fingerprint density at radius 2 is 0.929 bits per heavy atom. The van der Waals surface area contributed by atoms with E-state index in [9.17, 15) is 19.0 Å². The second-order valence-electron chi connectivity index (χ2n) is 16.8. The number of hydrogen-bond donors (Lipinski definition) is 1. The summed E-state index contributed by atoms with van der Waals surface area (Å²) in [7, 11) is 1.48. The highest BCUT2D eigenvalue weighted by molar-refractivity contribution is 7.47. The zero-order valence-electron chi connectivity index (χ0n) is 37.1. The predicted molar refractivity (Wildman–Crippen MR) is 234 cm³/mol. The van der Waals surface area contributed by atoms with Gasteiger partial charge in [0.1, 0.15) is 19.8 Å². The molecule has 10 heteroatoms. The summed E-state index contributed by atoms with van der Waals surface area (Å²) in [6, 6.07) is 0. The van der Waals surface area contributed by atoms with Crippen molar-refractivity contribution >= 4 is 19.8 Å². The number of unbranched alkanes of at least 4 members (excludes halogenated alkanes) is 24. The average molecular weight is 815 g/mol. The first kappa shape index (κ1) is 54.5. The van der Waals surface area contributed by atoms with E-state index in [4.69, 9.17) is 18.5 Å². The summed E-state index contributed by atoms with van der Waals surface area (Å²) in [6.07, 6.45) is 42.3. The van der Waals surface area contributed by atoms with Crippen LogP contribution in [0.25, 0.3) is 0 Å². The summed E-state index contributed by atoms with van der Waals surface area (Å²) < 4.78 is 34.3. The van der Waals surface area contributed by atoms with Gasteiger partial charge in [-0.3, -0.25) is 18.6 Å². The van der Waals surface area contributed by atoms with Gasteiger partial charge in [-0.25, -0.2) is 4.57 Å². The highest BCUT2D eigenvalue weighted by Gasteiger charge is 2.27. The van der Waals surface area contributed by atoms with Crippen LogP contribution in [-0.2, 0) is 32.7 Å². The smallest absolute Gasteiger partial charge is 0.462 e. The van der Waals surface area contributed by atoms with E-state index in [0.29, 0.717) is 17.4 Å². The van der Waals surface area contributed by atoms with Crippen molar-refractivity contribution in [3.05, 3.63) is 24.3 Å². The van der Waals surface area contributed by atoms with E-state index in [2.05, 4.69) is 38.2 Å². The SMILES string of the molecule is CCCC/C=C\CCCCCCCC(=O)OC[C@H](COP(=O)(O)OCC[N+](C)(C)C)OC(=O)CCCCCCCCCCCCC/C=C\CCCCCCCC. The van der Waals surface area contributed by atoms with Crippen LogP contribution in [0.4, 0.5) is 0 Å². The fourth-order valence-electron chi connectivity index (χ4n) is 6.28. The monoisotopic (exact) mass is 815 g/mol. The maximum Gasteiger partial charge on any atom is 0.472 e. The van der Waals surface area contributed by atoms with Crippen molar-refractivity contribution in [2.75, 3.05) is 47.5 Å². The van der Waals surface area contributed by atoms with Gasteiger partial charge in [-0.05, 0) is 57.8 Å². The molecule has 0 amide bonds. The summed E-state index contributed by atoms with van der Waals surface area (Å²) in [4.78, 5) is 35.3. The quantitative estimate of drug-likeness (QED) is 0.0213. The lowest BCUT2D eigenvalue weighted by Gasteiger charge is -2.24. The predicted octanol–water partition coefficient (Wildman–Crippen LogP) is 13.1. The molecule has 0 fully saturated rings. The minimum absolute atomic E-state index is 0.0316. The van der Waals surface area contributed by atoms with Crippen molar-refractivity contribution < 1.29 is 42.1 Å². The summed E-state index contributed by atoms with van der Waals surface area (Å²) in [5, 5.41) is 0. The zero-order valence-corrected chi connectivity index (χ0v) is 38.0. The molecule has 0 bridgehead atoms. The minimum atomic E-state index is -4.37. The van der Waals surface area contributed by atoms with Crippen LogP contribution in [-0.4, -0.2) is 74.9 Å². The molecule has 0 aliphatic heterocycles. The molecule has 2 atom stereocenters. The molecule has 0 heterocycles. The van der Waals surface area contributed by atoms with Gasteiger partial charge in [-0.15, -0.1) is 0 Å². The molecule has 0 saturated heterocycles. The third kappa shape index (κ3) is 42.1. The van der Waals surface area contributed by atoms with E-state index < -0.39 is 26.5 Å². The first-order chi connectivity index (χ1) is 27.0. The normalized spacial score (nSPS) is 13.8. The second kappa shape index (κ2) is 39.0. The van der Waals surface area contributed by atoms with E-state index in [0.717, 1.165) is 57.8 Å². The highest BCUT2D eigenvalue weighted by atomic mass is 31.2. The maximum absolute atomic E-state index is 12.7. The number of allylic oxidation sites excluding steroid dienone is 4. The molecule has 0 aromatic rings. The number of esters is 2. The van der Waals surface area contributed by atoms with Crippen molar-refractivity contribution in [2.24, 2.45) is 0 Å².